The van der Waals surface area contributed by atoms with Crippen molar-refractivity contribution in [3.05, 3.63) is 53.6 Å². The van der Waals surface area contributed by atoms with Crippen LogP contribution in [-0.2, 0) is 9.59 Å². The number of carbonyl (C=O) groups is 2. The van der Waals surface area contributed by atoms with Gasteiger partial charge in [-0.2, -0.15) is 0 Å². The van der Waals surface area contributed by atoms with Crippen LogP contribution in [-0.4, -0.2) is 24.9 Å². The largest absolute Gasteiger partial charge is 0.372 e. The molecule has 26 heavy (non-hydrogen) atoms. The number of hydrogen-bond acceptors (Lipinski definition) is 3. The quantitative estimate of drug-likeness (QED) is 0.804. The molecule has 0 unspecified atom stereocenters. The number of hydrogen-bond donors (Lipinski definition) is 2. The van der Waals surface area contributed by atoms with E-state index < -0.39 is 0 Å². The Morgan fingerprint density at radius 2 is 1.58 bits per heavy atom. The summed E-state index contributed by atoms with van der Waals surface area (Å²) >= 11 is 0. The maximum absolute atomic E-state index is 12.1. The van der Waals surface area contributed by atoms with Crippen LogP contribution in [0.2, 0.25) is 0 Å². The molecule has 0 atom stereocenters. The summed E-state index contributed by atoms with van der Waals surface area (Å²) in [5.41, 5.74) is 4.74. The molecule has 1 aliphatic rings. The summed E-state index contributed by atoms with van der Waals surface area (Å²) in [6.07, 6.45) is 2.25. The molecular formula is C21H25N3O2. The second kappa shape index (κ2) is 8.04. The molecule has 0 saturated carbocycles. The minimum absolute atomic E-state index is 0.207. The fourth-order valence-corrected chi connectivity index (χ4v) is 3.16. The van der Waals surface area contributed by atoms with E-state index in [1.807, 2.05) is 56.3 Å². The Labute approximate surface area is 154 Å². The number of nitrogens with zero attached hydrogens (tertiary/aromatic N) is 1. The van der Waals surface area contributed by atoms with Crippen molar-refractivity contribution in [1.29, 1.82) is 0 Å². The van der Waals surface area contributed by atoms with E-state index in [1.165, 1.54) is 18.5 Å². The highest BCUT2D eigenvalue weighted by Crippen LogP contribution is 2.22. The van der Waals surface area contributed by atoms with Gasteiger partial charge in [-0.1, -0.05) is 12.1 Å². The van der Waals surface area contributed by atoms with Gasteiger partial charge in [0.25, 0.3) is 0 Å². The van der Waals surface area contributed by atoms with Gasteiger partial charge in [-0.3, -0.25) is 9.59 Å². The number of carbonyl (C=O) groups excluding carboxylic acids is 2. The van der Waals surface area contributed by atoms with E-state index in [-0.39, 0.29) is 18.2 Å². The van der Waals surface area contributed by atoms with Crippen molar-refractivity contribution in [1.82, 2.24) is 0 Å². The predicted molar refractivity (Wildman–Crippen MR) is 106 cm³/mol. The molecule has 5 heteroatoms. The fraction of sp³-hybridized carbons (Fsp3) is 0.333. The number of rotatable bonds is 5. The summed E-state index contributed by atoms with van der Waals surface area (Å²) < 4.78 is 0. The lowest BCUT2D eigenvalue weighted by Gasteiger charge is -2.17. The minimum Gasteiger partial charge on any atom is -0.372 e. The van der Waals surface area contributed by atoms with E-state index in [0.29, 0.717) is 5.69 Å². The molecule has 1 fully saturated rings. The normalized spacial score (nSPS) is 13.5. The first-order valence-electron chi connectivity index (χ1n) is 9.04. The van der Waals surface area contributed by atoms with Crippen molar-refractivity contribution in [2.24, 2.45) is 0 Å². The summed E-state index contributed by atoms with van der Waals surface area (Å²) in [5, 5.41) is 5.59. The van der Waals surface area contributed by atoms with Crippen molar-refractivity contribution in [3.8, 4) is 0 Å². The Balaban J connectivity index is 1.53. The predicted octanol–water partition coefficient (Wildman–Crippen LogP) is 3.87. The molecule has 2 aromatic rings. The van der Waals surface area contributed by atoms with Gasteiger partial charge < -0.3 is 15.5 Å². The zero-order chi connectivity index (χ0) is 18.5. The van der Waals surface area contributed by atoms with Gasteiger partial charge in [-0.05, 0) is 68.1 Å². The molecule has 0 spiro atoms. The highest BCUT2D eigenvalue weighted by molar-refractivity contribution is 6.08. The van der Waals surface area contributed by atoms with Gasteiger partial charge in [-0.15, -0.1) is 0 Å². The lowest BCUT2D eigenvalue weighted by atomic mass is 10.1. The second-order valence-corrected chi connectivity index (χ2v) is 6.76. The lowest BCUT2D eigenvalue weighted by molar-refractivity contribution is -0.123. The van der Waals surface area contributed by atoms with Crippen LogP contribution in [0.1, 0.15) is 30.4 Å². The van der Waals surface area contributed by atoms with Crippen LogP contribution < -0.4 is 15.5 Å². The van der Waals surface area contributed by atoms with Gasteiger partial charge in [0.2, 0.25) is 11.8 Å². The van der Waals surface area contributed by atoms with Crippen molar-refractivity contribution in [2.75, 3.05) is 28.6 Å². The Morgan fingerprint density at radius 1 is 0.923 bits per heavy atom. The van der Waals surface area contributed by atoms with Gasteiger partial charge in [0, 0.05) is 30.2 Å². The van der Waals surface area contributed by atoms with Crippen LogP contribution in [0.4, 0.5) is 17.1 Å². The standard InChI is InChI=1S/C21H25N3O2/c1-15-6-5-7-19(16(15)2)23-21(26)14-20(25)22-17-8-10-18(11-9-17)24-12-3-4-13-24/h5-11H,3-4,12-14H2,1-2H3,(H,22,25)(H,23,26). The molecule has 0 bridgehead atoms. The molecule has 1 heterocycles. The first-order chi connectivity index (χ1) is 12.5. The topological polar surface area (TPSA) is 61.4 Å². The van der Waals surface area contributed by atoms with Crippen LogP contribution in [0.25, 0.3) is 0 Å². The molecule has 2 aromatic carbocycles. The second-order valence-electron chi connectivity index (χ2n) is 6.76. The van der Waals surface area contributed by atoms with Gasteiger partial charge in [0.05, 0.1) is 0 Å². The van der Waals surface area contributed by atoms with Gasteiger partial charge in [-0.25, -0.2) is 0 Å². The Hall–Kier alpha value is -2.82. The number of amides is 2. The van der Waals surface area contributed by atoms with Gasteiger partial charge >= 0.3 is 0 Å². The fourth-order valence-electron chi connectivity index (χ4n) is 3.16. The minimum atomic E-state index is -0.318. The van der Waals surface area contributed by atoms with Crippen LogP contribution in [0.15, 0.2) is 42.5 Å². The highest BCUT2D eigenvalue weighted by atomic mass is 16.2. The third-order valence-electron chi connectivity index (χ3n) is 4.82. The molecule has 0 radical (unpaired) electrons. The Kier molecular flexibility index (Phi) is 5.56. The molecule has 2 amide bonds. The molecule has 5 nitrogen and oxygen atoms in total. The smallest absolute Gasteiger partial charge is 0.233 e. The molecule has 2 N–H and O–H groups in total. The Morgan fingerprint density at radius 3 is 2.27 bits per heavy atom. The van der Waals surface area contributed by atoms with E-state index >= 15 is 0 Å². The number of benzene rings is 2. The molecular weight excluding hydrogens is 326 g/mol. The summed E-state index contributed by atoms with van der Waals surface area (Å²) in [6.45, 7) is 6.12. The van der Waals surface area contributed by atoms with Crippen LogP contribution in [0.5, 0.6) is 0 Å². The summed E-state index contributed by atoms with van der Waals surface area (Å²) in [4.78, 5) is 26.6. The Bertz CT molecular complexity index is 793. The summed E-state index contributed by atoms with van der Waals surface area (Å²) in [7, 11) is 0. The molecule has 136 valence electrons. The van der Waals surface area contributed by atoms with Crippen molar-refractivity contribution < 1.29 is 9.59 Å². The summed E-state index contributed by atoms with van der Waals surface area (Å²) in [5.74, 6) is -0.633. The number of anilines is 3. The zero-order valence-electron chi connectivity index (χ0n) is 15.3. The first-order valence-corrected chi connectivity index (χ1v) is 9.04. The van der Waals surface area contributed by atoms with Crippen molar-refractivity contribution in [3.63, 3.8) is 0 Å². The number of nitrogens with one attached hydrogen (secondary N) is 2. The monoisotopic (exact) mass is 351 g/mol. The van der Waals surface area contributed by atoms with Crippen molar-refractivity contribution >= 4 is 28.9 Å². The molecule has 3 rings (SSSR count). The molecule has 0 aromatic heterocycles. The highest BCUT2D eigenvalue weighted by Gasteiger charge is 2.14. The average Bonchev–Trinajstić information content (AvgIpc) is 3.14. The first kappa shape index (κ1) is 18.0. The third-order valence-corrected chi connectivity index (χ3v) is 4.82. The SMILES string of the molecule is Cc1cccc(NC(=O)CC(=O)Nc2ccc(N3CCCC3)cc2)c1C. The van der Waals surface area contributed by atoms with Crippen LogP contribution >= 0.6 is 0 Å². The van der Waals surface area contributed by atoms with E-state index in [4.69, 9.17) is 0 Å². The van der Waals surface area contributed by atoms with E-state index in [2.05, 4.69) is 15.5 Å². The lowest BCUT2D eigenvalue weighted by Crippen LogP contribution is -2.22. The van der Waals surface area contributed by atoms with Crippen LogP contribution in [0, 0.1) is 13.8 Å². The third kappa shape index (κ3) is 4.42. The molecule has 1 saturated heterocycles. The number of aryl methyl sites for hydroxylation is 1. The average molecular weight is 351 g/mol. The molecule has 1 aliphatic heterocycles. The van der Waals surface area contributed by atoms with E-state index in [1.54, 1.807) is 0 Å². The maximum atomic E-state index is 12.1. The van der Waals surface area contributed by atoms with E-state index in [0.717, 1.165) is 29.9 Å². The van der Waals surface area contributed by atoms with Gasteiger partial charge in [0.15, 0.2) is 0 Å². The van der Waals surface area contributed by atoms with E-state index in [9.17, 15) is 9.59 Å². The van der Waals surface area contributed by atoms with Gasteiger partial charge in [0.1, 0.15) is 6.42 Å². The summed E-state index contributed by atoms with van der Waals surface area (Å²) in [6, 6.07) is 13.5. The zero-order valence-corrected chi connectivity index (χ0v) is 15.3. The van der Waals surface area contributed by atoms with Crippen LogP contribution in [0.3, 0.4) is 0 Å². The van der Waals surface area contributed by atoms with Crippen molar-refractivity contribution in [2.45, 2.75) is 33.1 Å². The maximum Gasteiger partial charge on any atom is 0.233 e. The molecule has 0 aliphatic carbocycles.